The lowest BCUT2D eigenvalue weighted by atomic mass is 10.1. The molecule has 1 aliphatic heterocycles. The molecule has 0 saturated carbocycles. The Morgan fingerprint density at radius 3 is 2.94 bits per heavy atom. The summed E-state index contributed by atoms with van der Waals surface area (Å²) in [6, 6.07) is 0.0586. The number of carbonyl (C=O) groups is 1. The van der Waals surface area contributed by atoms with E-state index in [1.54, 1.807) is 23.3 Å². The number of allylic oxidation sites excluding steroid dienone is 1. The van der Waals surface area contributed by atoms with Crippen molar-refractivity contribution in [3.05, 3.63) is 16.6 Å². The third-order valence-electron chi connectivity index (χ3n) is 5.18. The molecule has 8 nitrogen and oxygen atoms in total. The molecular formula is C21H28ClN5O3S. The van der Waals surface area contributed by atoms with Gasteiger partial charge in [-0.3, -0.25) is 5.10 Å². The number of rotatable bonds is 4. The van der Waals surface area contributed by atoms with Gasteiger partial charge in [-0.1, -0.05) is 17.7 Å². The van der Waals surface area contributed by atoms with Gasteiger partial charge >= 0.3 is 6.09 Å². The molecule has 3 heterocycles. The summed E-state index contributed by atoms with van der Waals surface area (Å²) in [4.78, 5) is 20.1. The Morgan fingerprint density at radius 2 is 2.23 bits per heavy atom. The van der Waals surface area contributed by atoms with Gasteiger partial charge in [0.1, 0.15) is 22.0 Å². The first-order chi connectivity index (χ1) is 14.7. The van der Waals surface area contributed by atoms with Crippen LogP contribution in [0.1, 0.15) is 50.6 Å². The van der Waals surface area contributed by atoms with Crippen LogP contribution in [0.5, 0.6) is 5.88 Å². The number of halogens is 1. The predicted molar refractivity (Wildman–Crippen MR) is 123 cm³/mol. The number of H-pyrrole nitrogens is 1. The molecule has 1 amide bonds. The summed E-state index contributed by atoms with van der Waals surface area (Å²) < 4.78 is 11.0. The van der Waals surface area contributed by atoms with Gasteiger partial charge in [0.15, 0.2) is 0 Å². The molecule has 0 bridgehead atoms. The fourth-order valence-electron chi connectivity index (χ4n) is 3.81. The van der Waals surface area contributed by atoms with Crippen LogP contribution < -0.4 is 10.1 Å². The van der Waals surface area contributed by atoms with Crippen molar-refractivity contribution in [3.8, 4) is 16.5 Å². The molecule has 31 heavy (non-hydrogen) atoms. The van der Waals surface area contributed by atoms with E-state index in [2.05, 4.69) is 15.5 Å². The molecular weight excluding hydrogens is 438 g/mol. The summed E-state index contributed by atoms with van der Waals surface area (Å²) in [5, 5.41) is 12.4. The molecule has 1 fully saturated rings. The first-order valence-electron chi connectivity index (χ1n) is 10.5. The largest absolute Gasteiger partial charge is 0.479 e. The van der Waals surface area contributed by atoms with Crippen molar-refractivity contribution in [1.82, 2.24) is 20.1 Å². The van der Waals surface area contributed by atoms with Crippen molar-refractivity contribution in [2.24, 2.45) is 0 Å². The minimum atomic E-state index is -0.513. The molecule has 10 heteroatoms. The number of hydrogen-bond donors (Lipinski definition) is 2. The van der Waals surface area contributed by atoms with Crippen LogP contribution in [0.2, 0.25) is 0 Å². The molecule has 2 N–H and O–H groups in total. The fraction of sp³-hybridized carbons (Fsp3) is 0.571. The van der Waals surface area contributed by atoms with E-state index >= 15 is 0 Å². The minimum absolute atomic E-state index is 0.0586. The van der Waals surface area contributed by atoms with Crippen LogP contribution in [0.4, 0.5) is 10.6 Å². The Labute approximate surface area is 191 Å². The predicted octanol–water partition coefficient (Wildman–Crippen LogP) is 4.88. The van der Waals surface area contributed by atoms with Crippen molar-refractivity contribution in [3.63, 3.8) is 0 Å². The molecule has 1 aliphatic carbocycles. The maximum Gasteiger partial charge on any atom is 0.410 e. The van der Waals surface area contributed by atoms with Crippen molar-refractivity contribution in [2.75, 3.05) is 25.5 Å². The van der Waals surface area contributed by atoms with Crippen LogP contribution in [0, 0.1) is 0 Å². The number of amides is 1. The third kappa shape index (κ3) is 4.82. The molecule has 0 spiro atoms. The van der Waals surface area contributed by atoms with Crippen molar-refractivity contribution in [2.45, 2.75) is 58.1 Å². The quantitative estimate of drug-likeness (QED) is 0.668. The highest BCUT2D eigenvalue weighted by molar-refractivity contribution is 7.17. The van der Waals surface area contributed by atoms with Crippen LogP contribution in [0.25, 0.3) is 15.6 Å². The monoisotopic (exact) mass is 465 g/mol. The fourth-order valence-corrected chi connectivity index (χ4v) is 5.23. The maximum atomic E-state index is 12.5. The van der Waals surface area contributed by atoms with Crippen LogP contribution in [-0.2, 0) is 11.2 Å². The van der Waals surface area contributed by atoms with Crippen molar-refractivity contribution < 1.29 is 14.3 Å². The number of nitrogens with one attached hydrogen (secondary N) is 2. The summed E-state index contributed by atoms with van der Waals surface area (Å²) in [5.74, 6) is 1.22. The van der Waals surface area contributed by atoms with Gasteiger partial charge in [-0.05, 0) is 46.5 Å². The number of methoxy groups -OCH3 is 1. The molecule has 4 rings (SSSR count). The normalized spacial score (nSPS) is 18.9. The lowest BCUT2D eigenvalue weighted by molar-refractivity contribution is 0.0206. The number of aromatic amines is 1. The number of carbonyl (C=O) groups excluding carboxylic acids is 1. The number of fused-ring (bicyclic) bond motifs is 1. The van der Waals surface area contributed by atoms with E-state index in [0.29, 0.717) is 19.0 Å². The lowest BCUT2D eigenvalue weighted by Crippen LogP contribution is -2.47. The first-order valence-corrected chi connectivity index (χ1v) is 11.7. The van der Waals surface area contributed by atoms with Gasteiger partial charge in [0, 0.05) is 19.1 Å². The Hall–Kier alpha value is -2.26. The van der Waals surface area contributed by atoms with Gasteiger partial charge in [-0.15, -0.1) is 16.4 Å². The van der Waals surface area contributed by atoms with E-state index in [-0.39, 0.29) is 12.1 Å². The summed E-state index contributed by atoms with van der Waals surface area (Å²) in [6.07, 6.45) is 5.34. The second-order valence-electron chi connectivity index (χ2n) is 8.78. The highest BCUT2D eigenvalue weighted by Crippen LogP contribution is 2.43. The highest BCUT2D eigenvalue weighted by Gasteiger charge is 2.30. The molecule has 2 aliphatic rings. The Kier molecular flexibility index (Phi) is 6.16. The summed E-state index contributed by atoms with van der Waals surface area (Å²) in [7, 11) is 1.59. The van der Waals surface area contributed by atoms with Crippen LogP contribution in [-0.4, -0.2) is 58.0 Å². The second kappa shape index (κ2) is 8.70. The zero-order chi connectivity index (χ0) is 22.2. The Bertz CT molecular complexity index is 994. The summed E-state index contributed by atoms with van der Waals surface area (Å²) in [5.41, 5.74) is 1.29. The van der Waals surface area contributed by atoms with Crippen molar-refractivity contribution in [1.29, 1.82) is 0 Å². The average Bonchev–Trinajstić information content (AvgIpc) is 3.31. The number of aryl methyl sites for hydroxylation is 1. The second-order valence-corrected chi connectivity index (χ2v) is 10.2. The van der Waals surface area contributed by atoms with Gasteiger partial charge in [0.25, 0.3) is 0 Å². The molecule has 1 atom stereocenters. The zero-order valence-corrected chi connectivity index (χ0v) is 19.8. The van der Waals surface area contributed by atoms with Crippen LogP contribution >= 0.6 is 22.9 Å². The summed E-state index contributed by atoms with van der Waals surface area (Å²) >= 11 is 7.94. The summed E-state index contributed by atoms with van der Waals surface area (Å²) in [6.45, 7) is 6.88. The number of likely N-dealkylation sites (tertiary alicyclic amines) is 1. The number of ether oxygens (including phenoxy) is 2. The first kappa shape index (κ1) is 22.0. The minimum Gasteiger partial charge on any atom is -0.479 e. The molecule has 1 unspecified atom stereocenters. The Balaban J connectivity index is 1.54. The molecule has 1 saturated heterocycles. The molecule has 0 aromatic carbocycles. The van der Waals surface area contributed by atoms with Gasteiger partial charge < -0.3 is 19.7 Å². The number of hydrogen-bond acceptors (Lipinski definition) is 7. The molecule has 2 aromatic heterocycles. The average molecular weight is 466 g/mol. The lowest BCUT2D eigenvalue weighted by Gasteiger charge is -2.34. The third-order valence-corrected chi connectivity index (χ3v) is 6.78. The van der Waals surface area contributed by atoms with Crippen LogP contribution in [0.3, 0.4) is 0 Å². The molecule has 0 radical (unpaired) electrons. The number of anilines is 1. The number of aromatic nitrogens is 3. The van der Waals surface area contributed by atoms with E-state index in [1.807, 2.05) is 26.8 Å². The van der Waals surface area contributed by atoms with E-state index in [0.717, 1.165) is 57.7 Å². The van der Waals surface area contributed by atoms with Crippen LogP contribution in [0.15, 0.2) is 6.08 Å². The Morgan fingerprint density at radius 1 is 1.42 bits per heavy atom. The van der Waals surface area contributed by atoms with Gasteiger partial charge in [0.05, 0.1) is 22.7 Å². The smallest absolute Gasteiger partial charge is 0.410 e. The van der Waals surface area contributed by atoms with Gasteiger partial charge in [-0.2, -0.15) is 0 Å². The number of piperidine rings is 1. The zero-order valence-electron chi connectivity index (χ0n) is 18.2. The van der Waals surface area contributed by atoms with Gasteiger partial charge in [0.2, 0.25) is 5.88 Å². The maximum absolute atomic E-state index is 12.5. The highest BCUT2D eigenvalue weighted by atomic mass is 35.5. The standard InChI is InChI=1S/C21H28ClN5O3S/c1-21(2,3)30-20(28)27-10-6-7-12(11-27)23-17-15(18(29-4)26-25-17)19-24-14-9-5-8-13(22)16(14)31-19/h8,12H,5-7,9-11H2,1-4H3,(H2,23,25,26). The SMILES string of the molecule is COc1n[nH]c(NC2CCCN(C(=O)OC(C)(C)C)C2)c1-c1nc2c(s1)C(Cl)=CCC2. The topological polar surface area (TPSA) is 92.4 Å². The van der Waals surface area contributed by atoms with E-state index in [4.69, 9.17) is 26.1 Å². The molecule has 168 valence electrons. The molecule has 2 aromatic rings. The number of thiazole rings is 1. The van der Waals surface area contributed by atoms with E-state index in [1.165, 1.54) is 0 Å². The van der Waals surface area contributed by atoms with Crippen molar-refractivity contribution >= 4 is 39.9 Å². The van der Waals surface area contributed by atoms with E-state index in [9.17, 15) is 4.79 Å². The van der Waals surface area contributed by atoms with Gasteiger partial charge in [-0.25, -0.2) is 9.78 Å². The van der Waals surface area contributed by atoms with E-state index < -0.39 is 5.60 Å². The number of nitrogens with zero attached hydrogens (tertiary/aromatic N) is 3.